The lowest BCUT2D eigenvalue weighted by Gasteiger charge is -2.07. The van der Waals surface area contributed by atoms with Gasteiger partial charge in [-0.25, -0.2) is 14.3 Å². The van der Waals surface area contributed by atoms with E-state index in [0.717, 1.165) is 5.56 Å². The standard InChI is InChI=1S/C17H17BN4O3/c1-4-25-14(23)9-21-12-7-5-6-10(2)15(12)22(17(21)24)16-11(3)20-13(18)8-19-16/h5-8H,4,9H2,1-3H3. The summed E-state index contributed by atoms with van der Waals surface area (Å²) < 4.78 is 7.83. The van der Waals surface area contributed by atoms with E-state index >= 15 is 0 Å². The van der Waals surface area contributed by atoms with Crippen molar-refractivity contribution in [3.8, 4) is 5.82 Å². The van der Waals surface area contributed by atoms with Crippen molar-refractivity contribution in [1.82, 2.24) is 19.1 Å². The SMILES string of the molecule is [B]c1cnc(-n2c(=O)n(CC(=O)OCC)c3cccc(C)c32)c(C)n1. The Kier molecular flexibility index (Phi) is 4.44. The number of fused-ring (bicyclic) bond motifs is 1. The summed E-state index contributed by atoms with van der Waals surface area (Å²) in [6.45, 7) is 5.45. The first-order valence-corrected chi connectivity index (χ1v) is 7.90. The Morgan fingerprint density at radius 3 is 2.76 bits per heavy atom. The summed E-state index contributed by atoms with van der Waals surface area (Å²) in [5.41, 5.74) is 2.63. The maximum Gasteiger partial charge on any atom is 0.335 e. The van der Waals surface area contributed by atoms with Crippen LogP contribution < -0.4 is 11.3 Å². The highest BCUT2D eigenvalue weighted by Gasteiger charge is 2.20. The molecule has 3 rings (SSSR count). The average molecular weight is 336 g/mol. The molecule has 1 aromatic carbocycles. The fourth-order valence-corrected chi connectivity index (χ4v) is 2.87. The fourth-order valence-electron chi connectivity index (χ4n) is 2.87. The van der Waals surface area contributed by atoms with Crippen molar-refractivity contribution >= 4 is 30.4 Å². The van der Waals surface area contributed by atoms with Crippen LogP contribution in [0.4, 0.5) is 0 Å². The minimum Gasteiger partial charge on any atom is -0.465 e. The van der Waals surface area contributed by atoms with Gasteiger partial charge in [-0.2, -0.15) is 0 Å². The van der Waals surface area contributed by atoms with Crippen LogP contribution in [0, 0.1) is 13.8 Å². The lowest BCUT2D eigenvalue weighted by atomic mass is 10.1. The second-order valence-corrected chi connectivity index (χ2v) is 5.66. The molecule has 8 heteroatoms. The van der Waals surface area contributed by atoms with Gasteiger partial charge in [0.2, 0.25) is 0 Å². The summed E-state index contributed by atoms with van der Waals surface area (Å²) in [6, 6.07) is 5.52. The van der Waals surface area contributed by atoms with Crippen molar-refractivity contribution in [2.75, 3.05) is 6.61 Å². The van der Waals surface area contributed by atoms with E-state index in [9.17, 15) is 9.59 Å². The van der Waals surface area contributed by atoms with Gasteiger partial charge >= 0.3 is 11.7 Å². The van der Waals surface area contributed by atoms with Crippen molar-refractivity contribution in [2.45, 2.75) is 27.3 Å². The number of hydrogen-bond donors (Lipinski definition) is 0. The van der Waals surface area contributed by atoms with Crippen LogP contribution in [-0.2, 0) is 16.1 Å². The third kappa shape index (κ3) is 2.95. The van der Waals surface area contributed by atoms with E-state index in [2.05, 4.69) is 9.97 Å². The number of esters is 1. The van der Waals surface area contributed by atoms with Crippen LogP contribution in [-0.4, -0.2) is 39.5 Å². The molecule has 0 aliphatic rings. The van der Waals surface area contributed by atoms with Gasteiger partial charge < -0.3 is 4.74 Å². The van der Waals surface area contributed by atoms with E-state index < -0.39 is 5.97 Å². The number of imidazole rings is 1. The summed E-state index contributed by atoms with van der Waals surface area (Å²) in [6.07, 6.45) is 1.40. The first-order chi connectivity index (χ1) is 11.9. The van der Waals surface area contributed by atoms with E-state index in [0.29, 0.717) is 22.5 Å². The van der Waals surface area contributed by atoms with Crippen LogP contribution in [0.3, 0.4) is 0 Å². The first-order valence-electron chi connectivity index (χ1n) is 7.90. The second kappa shape index (κ2) is 6.54. The number of ether oxygens (including phenoxy) is 1. The van der Waals surface area contributed by atoms with Gasteiger partial charge in [0.05, 0.1) is 23.3 Å². The van der Waals surface area contributed by atoms with Gasteiger partial charge in [0.1, 0.15) is 14.4 Å². The predicted octanol–water partition coefficient (Wildman–Crippen LogP) is 0.556. The maximum atomic E-state index is 13.0. The Balaban J connectivity index is 2.30. The van der Waals surface area contributed by atoms with E-state index in [-0.39, 0.29) is 24.4 Å². The molecule has 7 nitrogen and oxygen atoms in total. The summed E-state index contributed by atoms with van der Waals surface area (Å²) >= 11 is 0. The Morgan fingerprint density at radius 2 is 2.08 bits per heavy atom. The molecule has 0 amide bonds. The van der Waals surface area contributed by atoms with Crippen LogP contribution in [0.2, 0.25) is 0 Å². The van der Waals surface area contributed by atoms with Crippen LogP contribution in [0.25, 0.3) is 16.9 Å². The van der Waals surface area contributed by atoms with E-state index in [1.807, 2.05) is 19.1 Å². The van der Waals surface area contributed by atoms with Crippen molar-refractivity contribution in [2.24, 2.45) is 0 Å². The summed E-state index contributed by atoms with van der Waals surface area (Å²) in [5.74, 6) is -0.0774. The number of benzene rings is 1. The highest BCUT2D eigenvalue weighted by molar-refractivity contribution is 6.30. The van der Waals surface area contributed by atoms with Gasteiger partial charge in [-0.3, -0.25) is 14.3 Å². The molecule has 0 fully saturated rings. The Bertz CT molecular complexity index is 1020. The Morgan fingerprint density at radius 1 is 1.32 bits per heavy atom. The highest BCUT2D eigenvalue weighted by Crippen LogP contribution is 2.21. The summed E-state index contributed by atoms with van der Waals surface area (Å²) in [7, 11) is 5.66. The number of aromatic nitrogens is 4. The summed E-state index contributed by atoms with van der Waals surface area (Å²) in [5, 5.41) is 0. The number of rotatable bonds is 4. The van der Waals surface area contributed by atoms with Crippen molar-refractivity contribution in [1.29, 1.82) is 0 Å². The molecule has 2 aromatic heterocycles. The molecule has 0 bridgehead atoms. The number of carbonyl (C=O) groups is 1. The third-order valence-corrected chi connectivity index (χ3v) is 3.90. The van der Waals surface area contributed by atoms with Crippen molar-refractivity contribution < 1.29 is 9.53 Å². The predicted molar refractivity (Wildman–Crippen MR) is 94.6 cm³/mol. The molecule has 0 saturated carbocycles. The molecule has 2 radical (unpaired) electrons. The second-order valence-electron chi connectivity index (χ2n) is 5.66. The number of para-hydroxylation sites is 1. The van der Waals surface area contributed by atoms with Crippen LogP contribution in [0.5, 0.6) is 0 Å². The zero-order valence-corrected chi connectivity index (χ0v) is 14.3. The van der Waals surface area contributed by atoms with Crippen molar-refractivity contribution in [3.63, 3.8) is 0 Å². The smallest absolute Gasteiger partial charge is 0.335 e. The minimum atomic E-state index is -0.467. The van der Waals surface area contributed by atoms with Crippen molar-refractivity contribution in [3.05, 3.63) is 46.1 Å². The monoisotopic (exact) mass is 336 g/mol. The quantitative estimate of drug-likeness (QED) is 0.514. The van der Waals surface area contributed by atoms with Gasteiger partial charge in [0, 0.05) is 11.8 Å². The molecule has 2 heterocycles. The van der Waals surface area contributed by atoms with Gasteiger partial charge in [-0.05, 0) is 32.4 Å². The average Bonchev–Trinajstić information content (AvgIpc) is 2.82. The minimum absolute atomic E-state index is 0.166. The number of hydrogen-bond acceptors (Lipinski definition) is 5. The van der Waals surface area contributed by atoms with Gasteiger partial charge in [-0.15, -0.1) is 0 Å². The number of aryl methyl sites for hydroxylation is 2. The molecular formula is C17H17BN4O3. The number of nitrogens with zero attached hydrogens (tertiary/aromatic N) is 4. The first kappa shape index (κ1) is 16.9. The normalized spacial score (nSPS) is 11.0. The zero-order valence-electron chi connectivity index (χ0n) is 14.3. The summed E-state index contributed by atoms with van der Waals surface area (Å²) in [4.78, 5) is 33.4. The largest absolute Gasteiger partial charge is 0.465 e. The molecule has 0 spiro atoms. The third-order valence-electron chi connectivity index (χ3n) is 3.90. The van der Waals surface area contributed by atoms with Crippen LogP contribution >= 0.6 is 0 Å². The van der Waals surface area contributed by atoms with E-state index in [4.69, 9.17) is 12.6 Å². The van der Waals surface area contributed by atoms with Gasteiger partial charge in [-0.1, -0.05) is 12.1 Å². The topological polar surface area (TPSA) is 79.0 Å². The Hall–Kier alpha value is -2.90. The lowest BCUT2D eigenvalue weighted by molar-refractivity contribution is -0.143. The van der Waals surface area contributed by atoms with Gasteiger partial charge in [0.15, 0.2) is 5.82 Å². The molecule has 25 heavy (non-hydrogen) atoms. The molecule has 0 aliphatic carbocycles. The van der Waals surface area contributed by atoms with E-state index in [1.165, 1.54) is 15.3 Å². The molecule has 126 valence electrons. The lowest BCUT2D eigenvalue weighted by Crippen LogP contribution is -2.28. The molecule has 0 atom stereocenters. The number of carbonyl (C=O) groups excluding carboxylic acids is 1. The molecule has 0 aliphatic heterocycles. The van der Waals surface area contributed by atoms with Crippen LogP contribution in [0.15, 0.2) is 29.2 Å². The maximum absolute atomic E-state index is 13.0. The molecule has 0 saturated heterocycles. The molecule has 3 aromatic rings. The molecule has 0 N–H and O–H groups in total. The Labute approximate surface area is 145 Å². The fraction of sp³-hybridized carbons (Fsp3) is 0.294. The molecule has 0 unspecified atom stereocenters. The molecular weight excluding hydrogens is 319 g/mol. The van der Waals surface area contributed by atoms with Gasteiger partial charge in [0.25, 0.3) is 0 Å². The highest BCUT2D eigenvalue weighted by atomic mass is 16.5. The zero-order chi connectivity index (χ0) is 18.1. The van der Waals surface area contributed by atoms with Crippen LogP contribution in [0.1, 0.15) is 18.2 Å². The van der Waals surface area contributed by atoms with E-state index in [1.54, 1.807) is 19.9 Å².